The van der Waals surface area contributed by atoms with E-state index in [0.29, 0.717) is 29.4 Å². The SMILES string of the molecule is CCc1c(C(=O)OCC(=O)N2CCCC(C)C2)cnc2ncnn12. The Morgan fingerprint density at radius 3 is 2.96 bits per heavy atom. The fourth-order valence-electron chi connectivity index (χ4n) is 3.05. The Hall–Kier alpha value is -2.51. The van der Waals surface area contributed by atoms with Gasteiger partial charge in [0.25, 0.3) is 11.7 Å². The highest BCUT2D eigenvalue weighted by Gasteiger charge is 2.23. The van der Waals surface area contributed by atoms with Crippen LogP contribution in [-0.4, -0.2) is 56.1 Å². The molecule has 0 bridgehead atoms. The summed E-state index contributed by atoms with van der Waals surface area (Å²) in [4.78, 5) is 34.4. The predicted octanol–water partition coefficient (Wildman–Crippen LogP) is 1.10. The number of hydrogen-bond donors (Lipinski definition) is 0. The molecule has 1 saturated heterocycles. The Balaban J connectivity index is 1.68. The van der Waals surface area contributed by atoms with Gasteiger partial charge in [0.05, 0.1) is 11.3 Å². The minimum absolute atomic E-state index is 0.150. The number of rotatable bonds is 4. The van der Waals surface area contributed by atoms with Crippen molar-refractivity contribution in [1.29, 1.82) is 0 Å². The number of esters is 1. The molecule has 2 aromatic rings. The fourth-order valence-corrected chi connectivity index (χ4v) is 3.05. The average molecular weight is 331 g/mol. The number of piperidine rings is 1. The molecule has 0 N–H and O–H groups in total. The molecular weight excluding hydrogens is 310 g/mol. The van der Waals surface area contributed by atoms with Gasteiger partial charge in [0.15, 0.2) is 6.61 Å². The highest BCUT2D eigenvalue weighted by atomic mass is 16.5. The molecule has 0 aliphatic carbocycles. The Bertz CT molecular complexity index is 757. The third-order valence-electron chi connectivity index (χ3n) is 4.30. The smallest absolute Gasteiger partial charge is 0.342 e. The molecule has 1 amide bonds. The van der Waals surface area contributed by atoms with Crippen LogP contribution in [-0.2, 0) is 16.0 Å². The predicted molar refractivity (Wildman–Crippen MR) is 85.4 cm³/mol. The minimum Gasteiger partial charge on any atom is -0.452 e. The van der Waals surface area contributed by atoms with Crippen molar-refractivity contribution in [3.05, 3.63) is 23.8 Å². The van der Waals surface area contributed by atoms with Crippen molar-refractivity contribution >= 4 is 17.7 Å². The summed E-state index contributed by atoms with van der Waals surface area (Å²) in [5, 5.41) is 4.07. The van der Waals surface area contributed by atoms with Gasteiger partial charge in [-0.25, -0.2) is 14.3 Å². The van der Waals surface area contributed by atoms with Gasteiger partial charge >= 0.3 is 5.97 Å². The number of aryl methyl sites for hydroxylation is 1. The van der Waals surface area contributed by atoms with Gasteiger partial charge in [-0.05, 0) is 25.2 Å². The van der Waals surface area contributed by atoms with E-state index in [1.54, 1.807) is 4.90 Å². The third-order valence-corrected chi connectivity index (χ3v) is 4.30. The molecule has 128 valence electrons. The summed E-state index contributed by atoms with van der Waals surface area (Å²) in [7, 11) is 0. The van der Waals surface area contributed by atoms with Crippen LogP contribution in [0.15, 0.2) is 12.5 Å². The molecule has 1 unspecified atom stereocenters. The maximum Gasteiger partial charge on any atom is 0.342 e. The lowest BCUT2D eigenvalue weighted by molar-refractivity contribution is -0.136. The van der Waals surface area contributed by atoms with Gasteiger partial charge in [-0.3, -0.25) is 4.79 Å². The number of likely N-dealkylation sites (tertiary alicyclic amines) is 1. The van der Waals surface area contributed by atoms with Crippen molar-refractivity contribution < 1.29 is 14.3 Å². The van der Waals surface area contributed by atoms with Gasteiger partial charge in [-0.1, -0.05) is 13.8 Å². The van der Waals surface area contributed by atoms with Crippen LogP contribution >= 0.6 is 0 Å². The second-order valence-corrected chi connectivity index (χ2v) is 6.11. The van der Waals surface area contributed by atoms with Crippen LogP contribution in [0.2, 0.25) is 0 Å². The van der Waals surface area contributed by atoms with E-state index in [0.717, 1.165) is 25.9 Å². The van der Waals surface area contributed by atoms with Gasteiger partial charge < -0.3 is 9.64 Å². The first kappa shape index (κ1) is 16.4. The molecule has 0 radical (unpaired) electrons. The third kappa shape index (κ3) is 3.22. The van der Waals surface area contributed by atoms with Crippen LogP contribution in [0.3, 0.4) is 0 Å². The monoisotopic (exact) mass is 331 g/mol. The maximum absolute atomic E-state index is 12.3. The standard InChI is InChI=1S/C16H21N5O3/c1-3-13-12(7-17-16-18-10-19-21(13)16)15(23)24-9-14(22)20-6-4-5-11(2)8-20/h7,10-11H,3-6,8-9H2,1-2H3. The fraction of sp³-hybridized carbons (Fsp3) is 0.562. The molecule has 1 fully saturated rings. The number of hydrogen-bond acceptors (Lipinski definition) is 6. The second kappa shape index (κ2) is 6.94. The Labute approximate surface area is 139 Å². The quantitative estimate of drug-likeness (QED) is 0.780. The van der Waals surface area contributed by atoms with Crippen LogP contribution < -0.4 is 0 Å². The van der Waals surface area contributed by atoms with Gasteiger partial charge in [0.1, 0.15) is 6.33 Å². The lowest BCUT2D eigenvalue weighted by Gasteiger charge is -2.30. The molecule has 1 atom stereocenters. The molecular formula is C16H21N5O3. The lowest BCUT2D eigenvalue weighted by Crippen LogP contribution is -2.41. The van der Waals surface area contributed by atoms with E-state index < -0.39 is 5.97 Å². The van der Waals surface area contributed by atoms with Gasteiger partial charge in [0.2, 0.25) is 0 Å². The molecule has 24 heavy (non-hydrogen) atoms. The van der Waals surface area contributed by atoms with Crippen LogP contribution in [0.25, 0.3) is 5.78 Å². The van der Waals surface area contributed by atoms with Crippen molar-refractivity contribution in [3.8, 4) is 0 Å². The zero-order chi connectivity index (χ0) is 17.1. The molecule has 3 heterocycles. The van der Waals surface area contributed by atoms with E-state index in [-0.39, 0.29) is 12.5 Å². The molecule has 0 saturated carbocycles. The zero-order valence-corrected chi connectivity index (χ0v) is 13.9. The number of aromatic nitrogens is 4. The number of nitrogens with zero attached hydrogens (tertiary/aromatic N) is 5. The van der Waals surface area contributed by atoms with E-state index in [9.17, 15) is 9.59 Å². The first-order valence-corrected chi connectivity index (χ1v) is 8.22. The second-order valence-electron chi connectivity index (χ2n) is 6.11. The van der Waals surface area contributed by atoms with Crippen molar-refractivity contribution in [1.82, 2.24) is 24.5 Å². The van der Waals surface area contributed by atoms with Crippen molar-refractivity contribution in [2.75, 3.05) is 19.7 Å². The van der Waals surface area contributed by atoms with Gasteiger partial charge in [-0.2, -0.15) is 10.1 Å². The number of ether oxygens (including phenoxy) is 1. The highest BCUT2D eigenvalue weighted by Crippen LogP contribution is 2.16. The Kier molecular flexibility index (Phi) is 4.73. The highest BCUT2D eigenvalue weighted by molar-refractivity contribution is 5.92. The van der Waals surface area contributed by atoms with Gasteiger partial charge in [-0.15, -0.1) is 0 Å². The summed E-state index contributed by atoms with van der Waals surface area (Å²) in [6, 6.07) is 0. The number of amides is 1. The molecule has 2 aromatic heterocycles. The first-order chi connectivity index (χ1) is 11.6. The van der Waals surface area contributed by atoms with Crippen LogP contribution in [0.4, 0.5) is 0 Å². The number of carbonyl (C=O) groups excluding carboxylic acids is 2. The van der Waals surface area contributed by atoms with Crippen molar-refractivity contribution in [3.63, 3.8) is 0 Å². The van der Waals surface area contributed by atoms with Crippen LogP contribution in [0, 0.1) is 5.92 Å². The van der Waals surface area contributed by atoms with Crippen molar-refractivity contribution in [2.45, 2.75) is 33.1 Å². The van der Waals surface area contributed by atoms with Crippen molar-refractivity contribution in [2.24, 2.45) is 5.92 Å². The van der Waals surface area contributed by atoms with E-state index in [4.69, 9.17) is 4.74 Å². The molecule has 1 aliphatic heterocycles. The topological polar surface area (TPSA) is 89.7 Å². The normalized spacial score (nSPS) is 17.9. The summed E-state index contributed by atoms with van der Waals surface area (Å²) in [6.45, 7) is 5.24. The minimum atomic E-state index is -0.560. The molecule has 0 aromatic carbocycles. The molecule has 8 heteroatoms. The van der Waals surface area contributed by atoms with Crippen LogP contribution in [0.1, 0.15) is 42.7 Å². The van der Waals surface area contributed by atoms with E-state index in [1.807, 2.05) is 6.92 Å². The van der Waals surface area contributed by atoms with Crippen LogP contribution in [0.5, 0.6) is 0 Å². The summed E-state index contributed by atoms with van der Waals surface area (Å²) < 4.78 is 6.73. The average Bonchev–Trinajstić information content (AvgIpc) is 3.07. The zero-order valence-electron chi connectivity index (χ0n) is 13.9. The van der Waals surface area contributed by atoms with Gasteiger partial charge in [0, 0.05) is 19.3 Å². The largest absolute Gasteiger partial charge is 0.452 e. The Morgan fingerprint density at radius 1 is 1.38 bits per heavy atom. The first-order valence-electron chi connectivity index (χ1n) is 8.22. The maximum atomic E-state index is 12.3. The summed E-state index contributed by atoms with van der Waals surface area (Å²) >= 11 is 0. The Morgan fingerprint density at radius 2 is 2.21 bits per heavy atom. The number of fused-ring (bicyclic) bond motifs is 1. The molecule has 1 aliphatic rings. The van der Waals surface area contributed by atoms with E-state index >= 15 is 0 Å². The number of carbonyl (C=O) groups is 2. The summed E-state index contributed by atoms with van der Waals surface area (Å²) in [5.74, 6) is 0.212. The molecule has 0 spiro atoms. The van der Waals surface area contributed by atoms with E-state index in [2.05, 4.69) is 22.0 Å². The molecule has 8 nitrogen and oxygen atoms in total. The summed E-state index contributed by atoms with van der Waals surface area (Å²) in [5.41, 5.74) is 0.983. The lowest BCUT2D eigenvalue weighted by atomic mass is 10.0. The molecule has 3 rings (SSSR count). The van der Waals surface area contributed by atoms with E-state index in [1.165, 1.54) is 17.0 Å². The summed E-state index contributed by atoms with van der Waals surface area (Å²) in [6.07, 6.45) is 5.52.